The normalized spacial score (nSPS) is 10.7. The highest BCUT2D eigenvalue weighted by Gasteiger charge is 2.09. The molecule has 3 rings (SSSR count). The topological polar surface area (TPSA) is 46.9 Å². The molecule has 4 nitrogen and oxygen atoms in total. The van der Waals surface area contributed by atoms with Crippen molar-refractivity contribution in [3.05, 3.63) is 54.1 Å². The summed E-state index contributed by atoms with van der Waals surface area (Å²) in [5.74, 6) is -0.286. The molecule has 0 bridgehead atoms. The van der Waals surface area contributed by atoms with Crippen LogP contribution in [0.1, 0.15) is 5.56 Å². The van der Waals surface area contributed by atoms with E-state index in [9.17, 15) is 9.18 Å². The second-order valence-electron chi connectivity index (χ2n) is 4.51. The number of aromatic nitrogens is 2. The van der Waals surface area contributed by atoms with Crippen molar-refractivity contribution >= 4 is 23.1 Å². The second-order valence-corrected chi connectivity index (χ2v) is 4.51. The molecule has 3 aromatic rings. The number of imidazole rings is 1. The van der Waals surface area contributed by atoms with Crippen LogP contribution in [0, 0.1) is 12.7 Å². The fourth-order valence-corrected chi connectivity index (χ4v) is 2.29. The zero-order valence-corrected chi connectivity index (χ0v) is 10.8. The number of hydrogen-bond acceptors (Lipinski definition) is 2. The van der Waals surface area contributed by atoms with Crippen LogP contribution in [0.5, 0.6) is 0 Å². The van der Waals surface area contributed by atoms with Crippen molar-refractivity contribution in [3.8, 4) is 5.69 Å². The molecule has 1 heterocycles. The zero-order valence-electron chi connectivity index (χ0n) is 10.8. The predicted molar refractivity (Wildman–Crippen MR) is 75.5 cm³/mol. The van der Waals surface area contributed by atoms with Gasteiger partial charge < -0.3 is 5.32 Å². The molecule has 0 spiro atoms. The lowest BCUT2D eigenvalue weighted by Gasteiger charge is -2.07. The largest absolute Gasteiger partial charge is 0.329 e. The minimum atomic E-state index is -0.286. The Kier molecular flexibility index (Phi) is 2.95. The minimum absolute atomic E-state index is 0.286. The molecule has 0 saturated carbocycles. The van der Waals surface area contributed by atoms with Gasteiger partial charge >= 0.3 is 0 Å². The molecule has 100 valence electrons. The van der Waals surface area contributed by atoms with Gasteiger partial charge in [-0.15, -0.1) is 0 Å². The van der Waals surface area contributed by atoms with Crippen LogP contribution in [0.4, 0.5) is 10.1 Å². The van der Waals surface area contributed by atoms with Gasteiger partial charge in [0.05, 0.1) is 11.0 Å². The van der Waals surface area contributed by atoms with Crippen LogP contribution in [0.25, 0.3) is 16.7 Å². The number of benzene rings is 2. The van der Waals surface area contributed by atoms with E-state index in [0.717, 1.165) is 22.5 Å². The van der Waals surface area contributed by atoms with Gasteiger partial charge in [-0.2, -0.15) is 0 Å². The average Bonchev–Trinajstić information content (AvgIpc) is 2.84. The van der Waals surface area contributed by atoms with E-state index in [2.05, 4.69) is 10.3 Å². The van der Waals surface area contributed by atoms with Crippen LogP contribution in [-0.4, -0.2) is 16.0 Å². The Morgan fingerprint density at radius 1 is 1.25 bits per heavy atom. The maximum Gasteiger partial charge on any atom is 0.211 e. The van der Waals surface area contributed by atoms with Crippen molar-refractivity contribution in [2.75, 3.05) is 5.32 Å². The number of fused-ring (bicyclic) bond motifs is 1. The molecule has 0 saturated heterocycles. The molecule has 1 aromatic heterocycles. The average molecular weight is 269 g/mol. The van der Waals surface area contributed by atoms with Crippen LogP contribution in [0.3, 0.4) is 0 Å². The van der Waals surface area contributed by atoms with Gasteiger partial charge in [-0.1, -0.05) is 0 Å². The highest BCUT2D eigenvalue weighted by atomic mass is 19.1. The van der Waals surface area contributed by atoms with Crippen LogP contribution in [-0.2, 0) is 4.79 Å². The second kappa shape index (κ2) is 4.77. The Hall–Kier alpha value is -2.69. The van der Waals surface area contributed by atoms with Gasteiger partial charge in [-0.05, 0) is 42.8 Å². The lowest BCUT2D eigenvalue weighted by atomic mass is 10.2. The number of halogens is 1. The van der Waals surface area contributed by atoms with E-state index in [1.54, 1.807) is 18.5 Å². The summed E-state index contributed by atoms with van der Waals surface area (Å²) in [6.45, 7) is 1.85. The zero-order chi connectivity index (χ0) is 14.1. The lowest BCUT2D eigenvalue weighted by Crippen LogP contribution is -1.96. The third kappa shape index (κ3) is 2.03. The molecule has 20 heavy (non-hydrogen) atoms. The first-order valence-electron chi connectivity index (χ1n) is 6.13. The first-order chi connectivity index (χ1) is 9.69. The number of aryl methyl sites for hydroxylation is 1. The molecule has 0 aliphatic carbocycles. The van der Waals surface area contributed by atoms with Crippen LogP contribution in [0.15, 0.2) is 42.7 Å². The third-order valence-corrected chi connectivity index (χ3v) is 3.17. The molecule has 1 N–H and O–H groups in total. The quantitative estimate of drug-likeness (QED) is 0.743. The fourth-order valence-electron chi connectivity index (χ4n) is 2.29. The van der Waals surface area contributed by atoms with Gasteiger partial charge in [0.15, 0.2) is 0 Å². The Morgan fingerprint density at radius 3 is 2.70 bits per heavy atom. The first-order valence-corrected chi connectivity index (χ1v) is 6.13. The van der Waals surface area contributed by atoms with Crippen molar-refractivity contribution in [1.29, 1.82) is 0 Å². The summed E-state index contributed by atoms with van der Waals surface area (Å²) in [4.78, 5) is 14.6. The molecule has 1 amide bonds. The number of carbonyl (C=O) groups excluding carboxylic acids is 1. The number of hydrogen-bond donors (Lipinski definition) is 1. The number of carbonyl (C=O) groups is 1. The fraction of sp³-hybridized carbons (Fsp3) is 0.0667. The standard InChI is InChI=1S/C15H12FN3O/c1-10-6-11(16)7-14-15(10)19(8-17-14)13-4-2-12(3-5-13)18-9-20/h2-9H,1H3,(H,18,20). The Balaban J connectivity index is 2.12. The van der Waals surface area contributed by atoms with Crippen molar-refractivity contribution < 1.29 is 9.18 Å². The third-order valence-electron chi connectivity index (χ3n) is 3.17. The Morgan fingerprint density at radius 2 is 2.00 bits per heavy atom. The monoisotopic (exact) mass is 269 g/mol. The van der Waals surface area contributed by atoms with Crippen molar-refractivity contribution in [1.82, 2.24) is 9.55 Å². The van der Waals surface area contributed by atoms with E-state index < -0.39 is 0 Å². The van der Waals surface area contributed by atoms with Gasteiger partial charge in [-0.3, -0.25) is 9.36 Å². The molecule has 5 heteroatoms. The smallest absolute Gasteiger partial charge is 0.211 e. The van der Waals surface area contributed by atoms with Crippen LogP contribution in [0.2, 0.25) is 0 Å². The van der Waals surface area contributed by atoms with Crippen molar-refractivity contribution in [2.24, 2.45) is 0 Å². The summed E-state index contributed by atoms with van der Waals surface area (Å²) in [7, 11) is 0. The van der Waals surface area contributed by atoms with Crippen LogP contribution < -0.4 is 5.32 Å². The Labute approximate surface area is 114 Å². The minimum Gasteiger partial charge on any atom is -0.329 e. The summed E-state index contributed by atoms with van der Waals surface area (Å²) in [5.41, 5.74) is 3.95. The molecular weight excluding hydrogens is 257 g/mol. The van der Waals surface area contributed by atoms with Gasteiger partial charge in [0, 0.05) is 17.4 Å². The number of nitrogens with one attached hydrogen (secondary N) is 1. The Bertz CT molecular complexity index is 778. The predicted octanol–water partition coefficient (Wildman–Crippen LogP) is 3.04. The molecule has 2 aromatic carbocycles. The van der Waals surface area contributed by atoms with E-state index in [-0.39, 0.29) is 5.82 Å². The van der Waals surface area contributed by atoms with Gasteiger partial charge in [0.1, 0.15) is 12.1 Å². The van der Waals surface area contributed by atoms with Gasteiger partial charge in [0.2, 0.25) is 6.41 Å². The SMILES string of the molecule is Cc1cc(F)cc2ncn(-c3ccc(NC=O)cc3)c12. The van der Waals surface area contributed by atoms with E-state index >= 15 is 0 Å². The summed E-state index contributed by atoms with van der Waals surface area (Å²) in [6, 6.07) is 10.2. The maximum absolute atomic E-state index is 13.4. The van der Waals surface area contributed by atoms with E-state index in [4.69, 9.17) is 0 Å². The summed E-state index contributed by atoms with van der Waals surface area (Å²) in [5, 5.41) is 2.58. The van der Waals surface area contributed by atoms with Crippen molar-refractivity contribution in [2.45, 2.75) is 6.92 Å². The van der Waals surface area contributed by atoms with Crippen molar-refractivity contribution in [3.63, 3.8) is 0 Å². The molecule has 0 fully saturated rings. The highest BCUT2D eigenvalue weighted by molar-refractivity contribution is 5.81. The summed E-state index contributed by atoms with van der Waals surface area (Å²) in [6.07, 6.45) is 2.30. The van der Waals surface area contributed by atoms with E-state index in [1.165, 1.54) is 12.1 Å². The number of rotatable bonds is 3. The van der Waals surface area contributed by atoms with E-state index in [1.807, 2.05) is 23.6 Å². The number of amides is 1. The lowest BCUT2D eigenvalue weighted by molar-refractivity contribution is -0.105. The molecule has 0 atom stereocenters. The highest BCUT2D eigenvalue weighted by Crippen LogP contribution is 2.23. The van der Waals surface area contributed by atoms with E-state index in [0.29, 0.717) is 11.9 Å². The maximum atomic E-state index is 13.4. The van der Waals surface area contributed by atoms with Gasteiger partial charge in [0.25, 0.3) is 0 Å². The van der Waals surface area contributed by atoms with Gasteiger partial charge in [-0.25, -0.2) is 9.37 Å². The molecule has 0 aliphatic heterocycles. The molecule has 0 radical (unpaired) electrons. The van der Waals surface area contributed by atoms with Crippen LogP contribution >= 0.6 is 0 Å². The number of nitrogens with zero attached hydrogens (tertiary/aromatic N) is 2. The molecule has 0 unspecified atom stereocenters. The molecular formula is C15H12FN3O. The first kappa shape index (κ1) is 12.3. The summed E-state index contributed by atoms with van der Waals surface area (Å²) >= 11 is 0. The summed E-state index contributed by atoms with van der Waals surface area (Å²) < 4.78 is 15.3. The number of anilines is 1. The molecule has 0 aliphatic rings.